The maximum atomic E-state index is 11.4. The predicted octanol–water partition coefficient (Wildman–Crippen LogP) is 2.12. The molecule has 1 atom stereocenters. The van der Waals surface area contributed by atoms with Gasteiger partial charge in [-0.25, -0.2) is 9.97 Å². The molecule has 5 heteroatoms. The molecule has 2 heterocycles. The van der Waals surface area contributed by atoms with Crippen LogP contribution in [0.2, 0.25) is 0 Å². The minimum atomic E-state index is -0.694. The number of aliphatic carboxylic acids is 1. The van der Waals surface area contributed by atoms with Crippen LogP contribution in [0, 0.1) is 5.41 Å². The molecule has 0 aliphatic carbocycles. The normalized spacial score (nSPS) is 22.7. The molecule has 1 aromatic rings. The van der Waals surface area contributed by atoms with Gasteiger partial charge in [0.2, 0.25) is 0 Å². The van der Waals surface area contributed by atoms with E-state index >= 15 is 0 Å². The third-order valence-corrected chi connectivity index (χ3v) is 4.02. The largest absolute Gasteiger partial charge is 0.481 e. The number of nitrogens with zero attached hydrogens (tertiary/aromatic N) is 3. The molecular weight excluding hydrogens is 242 g/mol. The van der Waals surface area contributed by atoms with Gasteiger partial charge in [-0.3, -0.25) is 4.79 Å². The number of rotatable bonds is 5. The molecule has 0 amide bonds. The Labute approximate surface area is 113 Å². The fourth-order valence-corrected chi connectivity index (χ4v) is 2.63. The van der Waals surface area contributed by atoms with E-state index in [4.69, 9.17) is 0 Å². The molecule has 1 aliphatic rings. The molecule has 0 aromatic carbocycles. The van der Waals surface area contributed by atoms with Crippen molar-refractivity contribution in [2.75, 3.05) is 18.0 Å². The highest BCUT2D eigenvalue weighted by molar-refractivity contribution is 5.76. The second kappa shape index (κ2) is 5.55. The van der Waals surface area contributed by atoms with Crippen LogP contribution in [0.15, 0.2) is 12.4 Å². The standard InChI is InChI=1S/C14H21N3O2/c1-3-5-11-8-12(16-10-15-11)17-7-6-14(4-2,9-17)13(18)19/h8,10H,3-7,9H2,1-2H3,(H,18,19). The number of carboxylic acid groups (broad SMARTS) is 1. The molecule has 19 heavy (non-hydrogen) atoms. The molecule has 2 rings (SSSR count). The number of anilines is 1. The molecule has 104 valence electrons. The van der Waals surface area contributed by atoms with Crippen LogP contribution in [0.3, 0.4) is 0 Å². The Morgan fingerprint density at radius 1 is 1.47 bits per heavy atom. The van der Waals surface area contributed by atoms with Crippen molar-refractivity contribution in [1.82, 2.24) is 9.97 Å². The lowest BCUT2D eigenvalue weighted by Gasteiger charge is -2.23. The zero-order valence-corrected chi connectivity index (χ0v) is 11.6. The van der Waals surface area contributed by atoms with Crippen LogP contribution >= 0.6 is 0 Å². The molecule has 0 bridgehead atoms. The first-order valence-electron chi connectivity index (χ1n) is 6.90. The van der Waals surface area contributed by atoms with Gasteiger partial charge in [0.1, 0.15) is 12.1 Å². The first-order chi connectivity index (χ1) is 9.11. The minimum absolute atomic E-state index is 0.543. The molecule has 1 aromatic heterocycles. The molecule has 0 spiro atoms. The van der Waals surface area contributed by atoms with Crippen LogP contribution < -0.4 is 4.90 Å². The van der Waals surface area contributed by atoms with Crippen molar-refractivity contribution in [2.24, 2.45) is 5.41 Å². The minimum Gasteiger partial charge on any atom is -0.481 e. The number of carboxylic acids is 1. The summed E-state index contributed by atoms with van der Waals surface area (Å²) in [6.07, 6.45) is 4.90. The Kier molecular flexibility index (Phi) is 4.02. The highest BCUT2D eigenvalue weighted by atomic mass is 16.4. The number of aromatic nitrogens is 2. The quantitative estimate of drug-likeness (QED) is 0.881. The monoisotopic (exact) mass is 263 g/mol. The number of hydrogen-bond acceptors (Lipinski definition) is 4. The second-order valence-corrected chi connectivity index (χ2v) is 5.23. The van der Waals surface area contributed by atoms with Gasteiger partial charge in [-0.1, -0.05) is 20.3 Å². The van der Waals surface area contributed by atoms with E-state index in [2.05, 4.69) is 21.8 Å². The summed E-state index contributed by atoms with van der Waals surface area (Å²) in [5, 5.41) is 9.41. The summed E-state index contributed by atoms with van der Waals surface area (Å²) >= 11 is 0. The van der Waals surface area contributed by atoms with E-state index in [0.29, 0.717) is 19.4 Å². The van der Waals surface area contributed by atoms with E-state index in [1.807, 2.05) is 13.0 Å². The second-order valence-electron chi connectivity index (χ2n) is 5.23. The first-order valence-corrected chi connectivity index (χ1v) is 6.90. The van der Waals surface area contributed by atoms with Crippen molar-refractivity contribution < 1.29 is 9.90 Å². The van der Waals surface area contributed by atoms with Crippen LogP contribution in [-0.4, -0.2) is 34.1 Å². The Hall–Kier alpha value is -1.65. The van der Waals surface area contributed by atoms with Crippen molar-refractivity contribution in [1.29, 1.82) is 0 Å². The van der Waals surface area contributed by atoms with E-state index in [9.17, 15) is 9.90 Å². The molecular formula is C14H21N3O2. The fraction of sp³-hybridized carbons (Fsp3) is 0.643. The Bertz CT molecular complexity index is 464. The summed E-state index contributed by atoms with van der Waals surface area (Å²) in [6.45, 7) is 5.36. The Balaban J connectivity index is 2.16. The van der Waals surface area contributed by atoms with Crippen molar-refractivity contribution >= 4 is 11.8 Å². The van der Waals surface area contributed by atoms with Crippen LogP contribution in [0.1, 0.15) is 38.8 Å². The summed E-state index contributed by atoms with van der Waals surface area (Å²) in [5.41, 5.74) is 0.410. The van der Waals surface area contributed by atoms with E-state index < -0.39 is 11.4 Å². The van der Waals surface area contributed by atoms with Gasteiger partial charge in [0.15, 0.2) is 0 Å². The van der Waals surface area contributed by atoms with Gasteiger partial charge in [0, 0.05) is 24.8 Å². The van der Waals surface area contributed by atoms with E-state index in [0.717, 1.165) is 30.9 Å². The smallest absolute Gasteiger partial charge is 0.311 e. The van der Waals surface area contributed by atoms with Crippen LogP contribution in [-0.2, 0) is 11.2 Å². The van der Waals surface area contributed by atoms with Crippen molar-refractivity contribution in [3.63, 3.8) is 0 Å². The highest BCUT2D eigenvalue weighted by Gasteiger charge is 2.43. The van der Waals surface area contributed by atoms with Gasteiger partial charge in [-0.05, 0) is 19.3 Å². The third kappa shape index (κ3) is 2.69. The molecule has 1 fully saturated rings. The topological polar surface area (TPSA) is 66.3 Å². The van der Waals surface area contributed by atoms with Crippen LogP contribution in [0.4, 0.5) is 5.82 Å². The zero-order chi connectivity index (χ0) is 13.9. The highest BCUT2D eigenvalue weighted by Crippen LogP contribution is 2.36. The van der Waals surface area contributed by atoms with Crippen LogP contribution in [0.25, 0.3) is 0 Å². The van der Waals surface area contributed by atoms with Crippen molar-refractivity contribution in [3.8, 4) is 0 Å². The SMILES string of the molecule is CCCc1cc(N2CCC(CC)(C(=O)O)C2)ncn1. The molecule has 1 N–H and O–H groups in total. The van der Waals surface area contributed by atoms with Gasteiger partial charge in [-0.15, -0.1) is 0 Å². The predicted molar refractivity (Wildman–Crippen MR) is 73.2 cm³/mol. The molecule has 1 saturated heterocycles. The van der Waals surface area contributed by atoms with Gasteiger partial charge < -0.3 is 10.0 Å². The molecule has 0 saturated carbocycles. The van der Waals surface area contributed by atoms with Gasteiger partial charge >= 0.3 is 5.97 Å². The molecule has 0 radical (unpaired) electrons. The van der Waals surface area contributed by atoms with Crippen molar-refractivity contribution in [2.45, 2.75) is 39.5 Å². The maximum Gasteiger partial charge on any atom is 0.311 e. The number of carbonyl (C=O) groups is 1. The summed E-state index contributed by atoms with van der Waals surface area (Å²) in [6, 6.07) is 1.98. The van der Waals surface area contributed by atoms with E-state index in [1.165, 1.54) is 0 Å². The fourth-order valence-electron chi connectivity index (χ4n) is 2.63. The third-order valence-electron chi connectivity index (χ3n) is 4.02. The van der Waals surface area contributed by atoms with Gasteiger partial charge in [0.25, 0.3) is 0 Å². The first kappa shape index (κ1) is 13.8. The Morgan fingerprint density at radius 3 is 2.84 bits per heavy atom. The molecule has 1 unspecified atom stereocenters. The Morgan fingerprint density at radius 2 is 2.26 bits per heavy atom. The van der Waals surface area contributed by atoms with Gasteiger partial charge in [0.05, 0.1) is 5.41 Å². The zero-order valence-electron chi connectivity index (χ0n) is 11.6. The van der Waals surface area contributed by atoms with Gasteiger partial charge in [-0.2, -0.15) is 0 Å². The lowest BCUT2D eigenvalue weighted by molar-refractivity contribution is -0.147. The summed E-state index contributed by atoms with van der Waals surface area (Å²) < 4.78 is 0. The molecule has 5 nitrogen and oxygen atoms in total. The van der Waals surface area contributed by atoms with E-state index in [1.54, 1.807) is 6.33 Å². The summed E-state index contributed by atoms with van der Waals surface area (Å²) in [4.78, 5) is 22.0. The average molecular weight is 263 g/mol. The van der Waals surface area contributed by atoms with Crippen LogP contribution in [0.5, 0.6) is 0 Å². The maximum absolute atomic E-state index is 11.4. The van der Waals surface area contributed by atoms with E-state index in [-0.39, 0.29) is 0 Å². The average Bonchev–Trinajstić information content (AvgIpc) is 2.85. The number of aryl methyl sites for hydroxylation is 1. The summed E-state index contributed by atoms with van der Waals surface area (Å²) in [5.74, 6) is 0.162. The molecule has 1 aliphatic heterocycles. The summed E-state index contributed by atoms with van der Waals surface area (Å²) in [7, 11) is 0. The van der Waals surface area contributed by atoms with Crippen molar-refractivity contribution in [3.05, 3.63) is 18.1 Å². The number of hydrogen-bond donors (Lipinski definition) is 1. The lowest BCUT2D eigenvalue weighted by atomic mass is 9.84. The lowest BCUT2D eigenvalue weighted by Crippen LogP contribution is -2.34.